The average molecular weight is 495 g/mol. The van der Waals surface area contributed by atoms with Crippen LogP contribution in [0, 0.1) is 13.8 Å². The minimum absolute atomic E-state index is 0.0103. The number of aryl methyl sites for hydroxylation is 2. The molecule has 174 valence electrons. The number of hydrogen-bond donors (Lipinski definition) is 1. The van der Waals surface area contributed by atoms with Gasteiger partial charge in [-0.3, -0.25) is 4.79 Å². The van der Waals surface area contributed by atoms with E-state index in [0.29, 0.717) is 27.0 Å². The van der Waals surface area contributed by atoms with Crippen molar-refractivity contribution < 1.29 is 18.8 Å². The number of nitrogens with one attached hydrogen (secondary N) is 1. The first kappa shape index (κ1) is 23.7. The highest BCUT2D eigenvalue weighted by Gasteiger charge is 2.16. The van der Waals surface area contributed by atoms with Crippen molar-refractivity contribution in [3.63, 3.8) is 0 Å². The molecule has 8 nitrogen and oxygen atoms in total. The van der Waals surface area contributed by atoms with Crippen molar-refractivity contribution in [1.82, 2.24) is 15.1 Å². The Hall–Kier alpha value is -3.50. The van der Waals surface area contributed by atoms with Gasteiger partial charge < -0.3 is 14.6 Å². The third kappa shape index (κ3) is 6.52. The zero-order valence-electron chi connectivity index (χ0n) is 18.6. The smallest absolute Gasteiger partial charge is 0.341 e. The van der Waals surface area contributed by atoms with Crippen LogP contribution in [0.3, 0.4) is 0 Å². The molecule has 0 fully saturated rings. The Kier molecular flexibility index (Phi) is 7.71. The number of aromatic nitrogens is 3. The quantitative estimate of drug-likeness (QED) is 0.257. The van der Waals surface area contributed by atoms with E-state index in [0.717, 1.165) is 22.7 Å². The number of carbonyl (C=O) groups excluding carboxylic acids is 2. The Morgan fingerprint density at radius 2 is 1.97 bits per heavy atom. The zero-order chi connectivity index (χ0) is 23.9. The lowest BCUT2D eigenvalue weighted by Gasteiger charge is -2.07. The van der Waals surface area contributed by atoms with Crippen LogP contribution in [0.2, 0.25) is 0 Å². The predicted octanol–water partition coefficient (Wildman–Crippen LogP) is 4.97. The molecule has 0 saturated heterocycles. The van der Waals surface area contributed by atoms with Gasteiger partial charge in [0.1, 0.15) is 22.4 Å². The molecular formula is C24H22N4O4S2. The fraction of sp³-hybridized carbons (Fsp3) is 0.208. The minimum Gasteiger partial charge on any atom is -0.455 e. The number of esters is 1. The van der Waals surface area contributed by atoms with E-state index in [-0.39, 0.29) is 18.9 Å². The van der Waals surface area contributed by atoms with Crippen LogP contribution in [0.5, 0.6) is 0 Å². The van der Waals surface area contributed by atoms with E-state index in [9.17, 15) is 9.59 Å². The summed E-state index contributed by atoms with van der Waals surface area (Å²) in [7, 11) is 0. The Labute approximate surface area is 204 Å². The van der Waals surface area contributed by atoms with E-state index in [2.05, 4.69) is 20.4 Å². The standard InChI is InChI=1S/C24H22N4O4S2/c1-15-5-7-17(8-6-15)26-21(29)11-22-27-19(14-33-22)12-31-24(30)20-4-3-9-25-23(20)34-13-18-10-16(2)32-28-18/h3-10,14H,11-13H2,1-2H3,(H,26,29). The van der Waals surface area contributed by atoms with Crippen LogP contribution in [-0.2, 0) is 28.3 Å². The van der Waals surface area contributed by atoms with Crippen LogP contribution in [0.4, 0.5) is 5.69 Å². The first-order valence-electron chi connectivity index (χ1n) is 10.4. The monoisotopic (exact) mass is 494 g/mol. The van der Waals surface area contributed by atoms with E-state index < -0.39 is 5.97 Å². The van der Waals surface area contributed by atoms with Crippen LogP contribution < -0.4 is 5.32 Å². The zero-order valence-corrected chi connectivity index (χ0v) is 20.2. The van der Waals surface area contributed by atoms with Gasteiger partial charge in [0, 0.05) is 29.1 Å². The Balaban J connectivity index is 1.30. The summed E-state index contributed by atoms with van der Waals surface area (Å²) < 4.78 is 10.5. The number of ether oxygens (including phenoxy) is 1. The second-order valence-electron chi connectivity index (χ2n) is 7.47. The summed E-state index contributed by atoms with van der Waals surface area (Å²) in [6.07, 6.45) is 1.78. The van der Waals surface area contributed by atoms with Gasteiger partial charge in [-0.15, -0.1) is 11.3 Å². The molecular weight excluding hydrogens is 472 g/mol. The van der Waals surface area contributed by atoms with Crippen molar-refractivity contribution in [3.8, 4) is 0 Å². The average Bonchev–Trinajstić information content (AvgIpc) is 3.46. The summed E-state index contributed by atoms with van der Waals surface area (Å²) in [5, 5.41) is 9.80. The topological polar surface area (TPSA) is 107 Å². The van der Waals surface area contributed by atoms with Gasteiger partial charge >= 0.3 is 5.97 Å². The molecule has 3 heterocycles. The largest absolute Gasteiger partial charge is 0.455 e. The molecule has 0 saturated carbocycles. The van der Waals surface area contributed by atoms with Crippen molar-refractivity contribution >= 4 is 40.7 Å². The number of pyridine rings is 1. The van der Waals surface area contributed by atoms with Crippen LogP contribution >= 0.6 is 23.1 Å². The summed E-state index contributed by atoms with van der Waals surface area (Å²) in [6, 6.07) is 12.8. The molecule has 3 aromatic heterocycles. The van der Waals surface area contributed by atoms with Gasteiger partial charge in [-0.25, -0.2) is 14.8 Å². The first-order valence-corrected chi connectivity index (χ1v) is 12.3. The number of carbonyl (C=O) groups is 2. The number of rotatable bonds is 9. The van der Waals surface area contributed by atoms with Crippen LogP contribution in [0.15, 0.2) is 63.6 Å². The number of anilines is 1. The van der Waals surface area contributed by atoms with Crippen LogP contribution in [0.25, 0.3) is 0 Å². The molecule has 0 atom stereocenters. The Bertz CT molecular complexity index is 1280. The number of thioether (sulfide) groups is 1. The van der Waals surface area contributed by atoms with Gasteiger partial charge in [0.2, 0.25) is 5.91 Å². The summed E-state index contributed by atoms with van der Waals surface area (Å²) in [5.74, 6) is 0.612. The third-order valence-electron chi connectivity index (χ3n) is 4.62. The molecule has 0 aliphatic heterocycles. The van der Waals surface area contributed by atoms with E-state index >= 15 is 0 Å². The number of nitrogens with zero attached hydrogens (tertiary/aromatic N) is 3. The second kappa shape index (κ2) is 11.1. The Morgan fingerprint density at radius 3 is 2.74 bits per heavy atom. The van der Waals surface area contributed by atoms with E-state index in [1.54, 1.807) is 23.7 Å². The molecule has 0 radical (unpaired) electrons. The number of thiazole rings is 1. The molecule has 0 unspecified atom stereocenters. The summed E-state index contributed by atoms with van der Waals surface area (Å²) in [6.45, 7) is 3.82. The lowest BCUT2D eigenvalue weighted by molar-refractivity contribution is -0.115. The molecule has 1 N–H and O–H groups in total. The molecule has 10 heteroatoms. The van der Waals surface area contributed by atoms with E-state index in [1.165, 1.54) is 23.1 Å². The van der Waals surface area contributed by atoms with Crippen molar-refractivity contribution in [3.05, 3.63) is 87.3 Å². The Morgan fingerprint density at radius 1 is 1.15 bits per heavy atom. The molecule has 4 rings (SSSR count). The summed E-state index contributed by atoms with van der Waals surface area (Å²) in [5.41, 5.74) is 3.60. The van der Waals surface area contributed by atoms with E-state index in [4.69, 9.17) is 9.26 Å². The lowest BCUT2D eigenvalue weighted by atomic mass is 10.2. The predicted molar refractivity (Wildman–Crippen MR) is 130 cm³/mol. The highest BCUT2D eigenvalue weighted by atomic mass is 32.2. The van der Waals surface area contributed by atoms with Gasteiger partial charge in [-0.1, -0.05) is 34.6 Å². The van der Waals surface area contributed by atoms with Gasteiger partial charge in [0.15, 0.2) is 0 Å². The maximum atomic E-state index is 12.7. The molecule has 4 aromatic rings. The summed E-state index contributed by atoms with van der Waals surface area (Å²) in [4.78, 5) is 33.7. The van der Waals surface area contributed by atoms with Gasteiger partial charge in [-0.2, -0.15) is 0 Å². The van der Waals surface area contributed by atoms with Crippen molar-refractivity contribution in [2.45, 2.75) is 37.7 Å². The van der Waals surface area contributed by atoms with Crippen LogP contribution in [-0.4, -0.2) is 27.0 Å². The molecule has 1 amide bonds. The minimum atomic E-state index is -0.487. The molecule has 0 aliphatic carbocycles. The molecule has 0 spiro atoms. The number of benzene rings is 1. The van der Waals surface area contributed by atoms with Crippen molar-refractivity contribution in [2.24, 2.45) is 0 Å². The first-order chi connectivity index (χ1) is 16.5. The molecule has 34 heavy (non-hydrogen) atoms. The van der Waals surface area contributed by atoms with Gasteiger partial charge in [0.05, 0.1) is 23.4 Å². The van der Waals surface area contributed by atoms with Gasteiger partial charge in [-0.05, 0) is 38.1 Å². The number of hydrogen-bond acceptors (Lipinski definition) is 9. The fourth-order valence-corrected chi connectivity index (χ4v) is 4.62. The fourth-order valence-electron chi connectivity index (χ4n) is 2.98. The molecule has 0 aliphatic rings. The maximum Gasteiger partial charge on any atom is 0.341 e. The highest BCUT2D eigenvalue weighted by molar-refractivity contribution is 7.98. The molecule has 1 aromatic carbocycles. The van der Waals surface area contributed by atoms with E-state index in [1.807, 2.05) is 44.2 Å². The normalized spacial score (nSPS) is 10.8. The highest BCUT2D eigenvalue weighted by Crippen LogP contribution is 2.25. The lowest BCUT2D eigenvalue weighted by Crippen LogP contribution is -2.14. The number of amides is 1. The maximum absolute atomic E-state index is 12.7. The van der Waals surface area contributed by atoms with Gasteiger partial charge in [0.25, 0.3) is 0 Å². The SMILES string of the molecule is Cc1ccc(NC(=O)Cc2nc(COC(=O)c3cccnc3SCc3cc(C)on3)cs2)cc1. The third-order valence-corrected chi connectivity index (χ3v) is 6.56. The summed E-state index contributed by atoms with van der Waals surface area (Å²) >= 11 is 2.74. The second-order valence-corrected chi connectivity index (χ2v) is 9.38. The van der Waals surface area contributed by atoms with Crippen molar-refractivity contribution in [2.75, 3.05) is 5.32 Å². The van der Waals surface area contributed by atoms with Crippen molar-refractivity contribution in [1.29, 1.82) is 0 Å². The molecule has 0 bridgehead atoms. The van der Waals surface area contributed by atoms with Crippen LogP contribution in [0.1, 0.15) is 38.1 Å².